The molecule has 2 N–H and O–H groups in total. The highest BCUT2D eigenvalue weighted by Crippen LogP contribution is 2.31. The monoisotopic (exact) mass is 396 g/mol. The van der Waals surface area contributed by atoms with Crippen molar-refractivity contribution < 1.29 is 13.2 Å². The predicted molar refractivity (Wildman–Crippen MR) is 106 cm³/mol. The molecule has 0 saturated heterocycles. The van der Waals surface area contributed by atoms with E-state index < -0.39 is 34.3 Å². The van der Waals surface area contributed by atoms with Gasteiger partial charge in [-0.1, -0.05) is 11.8 Å². The van der Waals surface area contributed by atoms with Crippen LogP contribution in [0.3, 0.4) is 0 Å². The number of hydrogen-bond acceptors (Lipinski definition) is 4. The number of nitrogen functional groups attached to an aromatic ring is 1. The van der Waals surface area contributed by atoms with Gasteiger partial charge in [-0.3, -0.25) is 9.36 Å². The van der Waals surface area contributed by atoms with Crippen LogP contribution in [-0.4, -0.2) is 22.7 Å². The number of aromatic nitrogens is 1. The molecule has 5 nitrogen and oxygen atoms in total. The zero-order chi connectivity index (χ0) is 20.5. The van der Waals surface area contributed by atoms with Crippen LogP contribution in [0.1, 0.15) is 25.5 Å². The lowest BCUT2D eigenvalue weighted by Gasteiger charge is -2.18. The topological polar surface area (TPSA) is 72.7 Å². The number of rotatable bonds is 3. The molecule has 9 heteroatoms. The Morgan fingerprint density at radius 3 is 2.37 bits per heavy atom. The molecule has 2 rings (SSSR count). The van der Waals surface area contributed by atoms with Crippen molar-refractivity contribution in [3.63, 3.8) is 0 Å². The van der Waals surface area contributed by atoms with Crippen LogP contribution in [0.2, 0.25) is 0 Å². The third kappa shape index (κ3) is 3.78. The van der Waals surface area contributed by atoms with E-state index in [0.29, 0.717) is 16.5 Å². The Balaban J connectivity index is 2.90. The molecule has 0 aliphatic carbocycles. The van der Waals surface area contributed by atoms with E-state index in [0.717, 1.165) is 6.07 Å². The van der Waals surface area contributed by atoms with Gasteiger partial charge >= 0.3 is 0 Å². The van der Waals surface area contributed by atoms with Crippen molar-refractivity contribution in [3.8, 4) is 11.1 Å². The molecule has 0 aliphatic rings. The zero-order valence-electron chi connectivity index (χ0n) is 15.3. The Morgan fingerprint density at radius 2 is 1.85 bits per heavy atom. The molecule has 0 atom stereocenters. The van der Waals surface area contributed by atoms with Gasteiger partial charge in [-0.2, -0.15) is 0 Å². The number of amidine groups is 1. The van der Waals surface area contributed by atoms with Gasteiger partial charge in [-0.25, -0.2) is 23.2 Å². The van der Waals surface area contributed by atoms with E-state index in [9.17, 15) is 18.0 Å². The summed E-state index contributed by atoms with van der Waals surface area (Å²) in [6.07, 6.45) is 1.75. The summed E-state index contributed by atoms with van der Waals surface area (Å²) in [4.78, 5) is 21.1. The molecule has 1 aromatic heterocycles. The van der Waals surface area contributed by atoms with E-state index in [2.05, 4.69) is 16.7 Å². The van der Waals surface area contributed by atoms with Crippen molar-refractivity contribution in [1.29, 1.82) is 0 Å². The maximum atomic E-state index is 14.4. The third-order valence-corrected chi connectivity index (χ3v) is 4.50. The first-order valence-corrected chi connectivity index (χ1v) is 9.15. The largest absolute Gasteiger partial charge is 0.394 e. The second-order valence-corrected chi connectivity index (χ2v) is 6.81. The van der Waals surface area contributed by atoms with Crippen molar-refractivity contribution >= 4 is 35.2 Å². The Bertz CT molecular complexity index is 999. The summed E-state index contributed by atoms with van der Waals surface area (Å²) < 4.78 is 43.4. The van der Waals surface area contributed by atoms with E-state index in [1.807, 2.05) is 0 Å². The first kappa shape index (κ1) is 20.8. The number of benzene rings is 1. The van der Waals surface area contributed by atoms with Gasteiger partial charge in [0.1, 0.15) is 17.3 Å². The van der Waals surface area contributed by atoms with Gasteiger partial charge in [0.25, 0.3) is 5.56 Å². The molecule has 1 heterocycles. The lowest BCUT2D eigenvalue weighted by Crippen LogP contribution is -2.25. The highest BCUT2D eigenvalue weighted by Gasteiger charge is 2.23. The lowest BCUT2D eigenvalue weighted by atomic mass is 10.0. The van der Waals surface area contributed by atoms with Crippen LogP contribution in [0.15, 0.2) is 26.9 Å². The van der Waals surface area contributed by atoms with Gasteiger partial charge in [-0.05, 0) is 51.4 Å². The van der Waals surface area contributed by atoms with Crippen molar-refractivity contribution in [2.75, 3.05) is 12.0 Å². The number of hydrogen-bond donors (Lipinski definition) is 1. The fourth-order valence-electron chi connectivity index (χ4n) is 2.61. The number of pyridine rings is 1. The number of halogens is 3. The first-order chi connectivity index (χ1) is 12.6. The number of thioether (sulfide) groups is 1. The van der Waals surface area contributed by atoms with E-state index in [4.69, 9.17) is 5.73 Å². The molecule has 0 radical (unpaired) electrons. The van der Waals surface area contributed by atoms with Crippen LogP contribution in [-0.2, 0) is 0 Å². The Hall–Kier alpha value is -2.55. The summed E-state index contributed by atoms with van der Waals surface area (Å²) in [6.45, 7) is 8.56. The Labute approximate surface area is 158 Å². The molecular weight excluding hydrogens is 377 g/mol. The normalized spacial score (nSPS) is 11.9. The fourth-order valence-corrected chi connectivity index (χ4v) is 2.92. The standard InChI is InChI=1S/C18H19F3N4OS/c1-8(2)25-16(24-18(23-4)27-5)9(3)6-11(17(25)26)10-7-12(19)15(22)14(21)13(10)20/h6-8H,4,22H2,1-3,5H3. The molecule has 2 aromatic rings. The van der Waals surface area contributed by atoms with E-state index in [-0.39, 0.29) is 11.6 Å². The molecule has 144 valence electrons. The number of aryl methyl sites for hydroxylation is 1. The van der Waals surface area contributed by atoms with Crippen molar-refractivity contribution in [1.82, 2.24) is 4.57 Å². The van der Waals surface area contributed by atoms with E-state index in [1.165, 1.54) is 22.4 Å². The maximum absolute atomic E-state index is 14.4. The average molecular weight is 396 g/mol. The molecule has 27 heavy (non-hydrogen) atoms. The number of anilines is 1. The molecule has 1 aromatic carbocycles. The molecule has 0 amide bonds. The van der Waals surface area contributed by atoms with Gasteiger partial charge in [0.05, 0.1) is 5.56 Å². The molecular formula is C18H19F3N4OS. The smallest absolute Gasteiger partial charge is 0.260 e. The average Bonchev–Trinajstić information content (AvgIpc) is 2.63. The molecule has 0 fully saturated rings. The summed E-state index contributed by atoms with van der Waals surface area (Å²) in [5.41, 5.74) is 3.43. The quantitative estimate of drug-likeness (QED) is 0.360. The van der Waals surface area contributed by atoms with Gasteiger partial charge < -0.3 is 5.73 Å². The highest BCUT2D eigenvalue weighted by molar-refractivity contribution is 8.13. The minimum Gasteiger partial charge on any atom is -0.394 e. The van der Waals surface area contributed by atoms with Gasteiger partial charge in [-0.15, -0.1) is 0 Å². The van der Waals surface area contributed by atoms with Crippen LogP contribution >= 0.6 is 11.8 Å². The Kier molecular flexibility index (Phi) is 6.15. The van der Waals surface area contributed by atoms with Crippen LogP contribution in [0.25, 0.3) is 11.1 Å². The number of aliphatic imine (C=N–C) groups is 2. The predicted octanol–water partition coefficient (Wildman–Crippen LogP) is 4.46. The van der Waals surface area contributed by atoms with Crippen molar-refractivity contribution in [2.45, 2.75) is 26.8 Å². The second kappa shape index (κ2) is 7.99. The number of nitrogens with two attached hydrogens (primary N) is 1. The van der Waals surface area contributed by atoms with Crippen LogP contribution in [0, 0.1) is 24.4 Å². The second-order valence-electron chi connectivity index (χ2n) is 6.04. The third-order valence-electron chi connectivity index (χ3n) is 3.91. The summed E-state index contributed by atoms with van der Waals surface area (Å²) in [5.74, 6) is -3.73. The highest BCUT2D eigenvalue weighted by atomic mass is 32.2. The van der Waals surface area contributed by atoms with Gasteiger partial charge in [0.15, 0.2) is 16.8 Å². The SMILES string of the molecule is C=NC(=Nc1c(C)cc(-c2cc(F)c(N)c(F)c2F)c(=O)n1C(C)C)SC. The van der Waals surface area contributed by atoms with Crippen molar-refractivity contribution in [3.05, 3.63) is 45.5 Å². The van der Waals surface area contributed by atoms with Gasteiger partial charge in [0.2, 0.25) is 0 Å². The van der Waals surface area contributed by atoms with E-state index >= 15 is 0 Å². The zero-order valence-corrected chi connectivity index (χ0v) is 16.1. The summed E-state index contributed by atoms with van der Waals surface area (Å²) >= 11 is 1.24. The number of nitrogens with zero attached hydrogens (tertiary/aromatic N) is 3. The van der Waals surface area contributed by atoms with E-state index in [1.54, 1.807) is 27.0 Å². The molecule has 0 unspecified atom stereocenters. The van der Waals surface area contributed by atoms with Crippen LogP contribution in [0.5, 0.6) is 0 Å². The summed E-state index contributed by atoms with van der Waals surface area (Å²) in [5, 5.41) is 0.343. The first-order valence-electron chi connectivity index (χ1n) is 7.92. The molecule has 0 saturated carbocycles. The summed E-state index contributed by atoms with van der Waals surface area (Å²) in [6, 6.07) is 1.71. The fraction of sp³-hybridized carbons (Fsp3) is 0.278. The Morgan fingerprint density at radius 1 is 1.22 bits per heavy atom. The minimum absolute atomic E-state index is 0.187. The maximum Gasteiger partial charge on any atom is 0.260 e. The molecule has 0 spiro atoms. The van der Waals surface area contributed by atoms with Crippen LogP contribution < -0.4 is 11.3 Å². The summed E-state index contributed by atoms with van der Waals surface area (Å²) in [7, 11) is 0. The molecule has 0 aliphatic heterocycles. The van der Waals surface area contributed by atoms with Crippen molar-refractivity contribution in [2.24, 2.45) is 9.98 Å². The molecule has 0 bridgehead atoms. The van der Waals surface area contributed by atoms with Crippen LogP contribution in [0.4, 0.5) is 24.7 Å². The van der Waals surface area contributed by atoms with Gasteiger partial charge in [0, 0.05) is 11.6 Å². The minimum atomic E-state index is -1.53. The lowest BCUT2D eigenvalue weighted by molar-refractivity contribution is 0.502.